The van der Waals surface area contributed by atoms with Crippen molar-refractivity contribution in [2.45, 2.75) is 19.0 Å². The van der Waals surface area contributed by atoms with Gasteiger partial charge in [0.2, 0.25) is 0 Å². The van der Waals surface area contributed by atoms with Crippen LogP contribution in [0.3, 0.4) is 0 Å². The second-order valence-electron chi connectivity index (χ2n) is 2.78. The molecule has 14 heavy (non-hydrogen) atoms. The summed E-state index contributed by atoms with van der Waals surface area (Å²) in [5.41, 5.74) is 4.81. The molecule has 0 radical (unpaired) electrons. The molecule has 3 nitrogen and oxygen atoms in total. The smallest absolute Gasteiger partial charge is 0.330 e. The normalized spacial score (nSPS) is 11.7. The molecule has 1 rings (SSSR count). The largest absolute Gasteiger partial charge is 0.434 e. The predicted molar refractivity (Wildman–Crippen MR) is 44.4 cm³/mol. The Hall–Kier alpha value is -1.17. The van der Waals surface area contributed by atoms with Gasteiger partial charge in [-0.15, -0.1) is 0 Å². The minimum Gasteiger partial charge on any atom is -0.330 e. The molecule has 0 saturated carbocycles. The molecule has 6 heteroatoms. The number of hydrogen-bond acceptors (Lipinski definition) is 3. The van der Waals surface area contributed by atoms with Gasteiger partial charge in [-0.05, 0) is 19.4 Å². The molecule has 78 valence electrons. The minimum absolute atomic E-state index is 0.489. The molecule has 1 aromatic rings. The van der Waals surface area contributed by atoms with Crippen molar-refractivity contribution in [2.75, 3.05) is 6.54 Å². The summed E-state index contributed by atoms with van der Waals surface area (Å²) in [7, 11) is 0. The van der Waals surface area contributed by atoms with E-state index in [2.05, 4.69) is 9.97 Å². The van der Waals surface area contributed by atoms with E-state index in [9.17, 15) is 13.2 Å². The van der Waals surface area contributed by atoms with Crippen LogP contribution in [-0.2, 0) is 12.6 Å². The first-order valence-electron chi connectivity index (χ1n) is 4.12. The van der Waals surface area contributed by atoms with E-state index in [-0.39, 0.29) is 0 Å². The van der Waals surface area contributed by atoms with Gasteiger partial charge in [-0.25, -0.2) is 4.98 Å². The molecule has 0 unspecified atom stereocenters. The van der Waals surface area contributed by atoms with E-state index >= 15 is 0 Å². The van der Waals surface area contributed by atoms with Crippen molar-refractivity contribution in [3.8, 4) is 0 Å². The lowest BCUT2D eigenvalue weighted by Crippen LogP contribution is -2.09. The topological polar surface area (TPSA) is 51.8 Å². The molecular weight excluding hydrogens is 195 g/mol. The Kier molecular flexibility index (Phi) is 3.40. The van der Waals surface area contributed by atoms with Gasteiger partial charge in [0.25, 0.3) is 0 Å². The maximum absolute atomic E-state index is 12.0. The Bertz CT molecular complexity index is 281. The summed E-state index contributed by atoms with van der Waals surface area (Å²) in [5.74, 6) is 0. The number of hydrogen-bond donors (Lipinski definition) is 1. The first kappa shape index (κ1) is 10.9. The van der Waals surface area contributed by atoms with Crippen molar-refractivity contribution < 1.29 is 13.2 Å². The monoisotopic (exact) mass is 205 g/mol. The zero-order valence-corrected chi connectivity index (χ0v) is 7.38. The van der Waals surface area contributed by atoms with E-state index in [1.807, 2.05) is 0 Å². The number of halogens is 3. The highest BCUT2D eigenvalue weighted by Gasteiger charge is 2.32. The van der Waals surface area contributed by atoms with Gasteiger partial charge in [0.05, 0.1) is 11.9 Å². The minimum atomic E-state index is -4.42. The highest BCUT2D eigenvalue weighted by molar-refractivity contribution is 5.05. The third-order valence-electron chi connectivity index (χ3n) is 1.63. The van der Waals surface area contributed by atoms with E-state index in [0.29, 0.717) is 25.1 Å². The number of nitrogens with zero attached hydrogens (tertiary/aromatic N) is 2. The van der Waals surface area contributed by atoms with E-state index in [0.717, 1.165) is 12.4 Å². The molecule has 0 aliphatic rings. The van der Waals surface area contributed by atoms with Crippen LogP contribution in [0.25, 0.3) is 0 Å². The molecule has 0 bridgehead atoms. The van der Waals surface area contributed by atoms with E-state index in [4.69, 9.17) is 5.73 Å². The van der Waals surface area contributed by atoms with Crippen LogP contribution in [0.15, 0.2) is 12.4 Å². The molecule has 0 spiro atoms. The highest BCUT2D eigenvalue weighted by Crippen LogP contribution is 2.26. The number of aromatic nitrogens is 2. The fraction of sp³-hybridized carbons (Fsp3) is 0.500. The number of alkyl halides is 3. The van der Waals surface area contributed by atoms with Gasteiger partial charge in [0, 0.05) is 6.20 Å². The summed E-state index contributed by atoms with van der Waals surface area (Å²) in [6, 6.07) is 0. The molecule has 1 heterocycles. The summed E-state index contributed by atoms with van der Waals surface area (Å²) in [4.78, 5) is 6.92. The third-order valence-corrected chi connectivity index (χ3v) is 1.63. The SMILES string of the molecule is NCCCc1cnc(C(F)(F)F)cn1. The molecule has 0 atom stereocenters. The predicted octanol–water partition coefficient (Wildman–Crippen LogP) is 1.39. The van der Waals surface area contributed by atoms with Crippen LogP contribution in [0, 0.1) is 0 Å². The van der Waals surface area contributed by atoms with Crippen molar-refractivity contribution in [3.05, 3.63) is 23.8 Å². The molecule has 0 fully saturated rings. The van der Waals surface area contributed by atoms with Crippen LogP contribution >= 0.6 is 0 Å². The van der Waals surface area contributed by atoms with Gasteiger partial charge in [0.1, 0.15) is 0 Å². The van der Waals surface area contributed by atoms with Crippen molar-refractivity contribution in [3.63, 3.8) is 0 Å². The maximum atomic E-state index is 12.0. The Labute approximate surface area is 79.2 Å². The second kappa shape index (κ2) is 4.36. The average molecular weight is 205 g/mol. The van der Waals surface area contributed by atoms with Gasteiger partial charge < -0.3 is 5.73 Å². The Morgan fingerprint density at radius 1 is 1.21 bits per heavy atom. The van der Waals surface area contributed by atoms with Crippen LogP contribution in [0.4, 0.5) is 13.2 Å². The molecule has 0 aliphatic carbocycles. The quantitative estimate of drug-likeness (QED) is 0.811. The van der Waals surface area contributed by atoms with Crippen LogP contribution < -0.4 is 5.73 Å². The van der Waals surface area contributed by atoms with Gasteiger partial charge in [0.15, 0.2) is 5.69 Å². The van der Waals surface area contributed by atoms with E-state index in [1.165, 1.54) is 0 Å². The first-order valence-corrected chi connectivity index (χ1v) is 4.12. The molecule has 0 aromatic carbocycles. The second-order valence-corrected chi connectivity index (χ2v) is 2.78. The lowest BCUT2D eigenvalue weighted by molar-refractivity contribution is -0.141. The van der Waals surface area contributed by atoms with E-state index < -0.39 is 11.9 Å². The third kappa shape index (κ3) is 2.95. The van der Waals surface area contributed by atoms with Crippen LogP contribution in [0.1, 0.15) is 17.8 Å². The molecular formula is C8H10F3N3. The molecule has 0 amide bonds. The molecule has 0 saturated heterocycles. The van der Waals surface area contributed by atoms with Crippen LogP contribution in [0.2, 0.25) is 0 Å². The zero-order chi connectivity index (χ0) is 10.6. The Morgan fingerprint density at radius 3 is 2.36 bits per heavy atom. The Balaban J connectivity index is 2.69. The summed E-state index contributed by atoms with van der Waals surface area (Å²) in [6.45, 7) is 0.489. The molecule has 2 N–H and O–H groups in total. The number of nitrogens with two attached hydrogens (primary N) is 1. The van der Waals surface area contributed by atoms with Gasteiger partial charge in [-0.1, -0.05) is 0 Å². The average Bonchev–Trinajstić information content (AvgIpc) is 2.14. The van der Waals surface area contributed by atoms with Crippen molar-refractivity contribution in [1.29, 1.82) is 0 Å². The fourth-order valence-corrected chi connectivity index (χ4v) is 0.913. The lowest BCUT2D eigenvalue weighted by atomic mass is 10.2. The van der Waals surface area contributed by atoms with Crippen LogP contribution in [0.5, 0.6) is 0 Å². The number of aryl methyl sites for hydroxylation is 1. The Morgan fingerprint density at radius 2 is 1.93 bits per heavy atom. The van der Waals surface area contributed by atoms with Gasteiger partial charge in [-0.3, -0.25) is 4.98 Å². The summed E-state index contributed by atoms with van der Waals surface area (Å²) >= 11 is 0. The lowest BCUT2D eigenvalue weighted by Gasteiger charge is -2.05. The summed E-state index contributed by atoms with van der Waals surface area (Å²) in [6.07, 6.45) is -1.29. The van der Waals surface area contributed by atoms with E-state index in [1.54, 1.807) is 0 Å². The van der Waals surface area contributed by atoms with Crippen molar-refractivity contribution >= 4 is 0 Å². The van der Waals surface area contributed by atoms with Gasteiger partial charge >= 0.3 is 6.18 Å². The highest BCUT2D eigenvalue weighted by atomic mass is 19.4. The molecule has 0 aliphatic heterocycles. The first-order chi connectivity index (χ1) is 6.54. The van der Waals surface area contributed by atoms with Crippen molar-refractivity contribution in [1.82, 2.24) is 9.97 Å². The van der Waals surface area contributed by atoms with Crippen LogP contribution in [-0.4, -0.2) is 16.5 Å². The zero-order valence-electron chi connectivity index (χ0n) is 7.38. The molecule has 1 aromatic heterocycles. The summed E-state index contributed by atoms with van der Waals surface area (Å²) in [5, 5.41) is 0. The van der Waals surface area contributed by atoms with Gasteiger partial charge in [-0.2, -0.15) is 13.2 Å². The number of rotatable bonds is 3. The fourth-order valence-electron chi connectivity index (χ4n) is 0.913. The standard InChI is InChI=1S/C8H10F3N3/c9-8(10,11)7-5-13-6(4-14-7)2-1-3-12/h4-5H,1-3,12H2. The summed E-state index contributed by atoms with van der Waals surface area (Å²) < 4.78 is 36.1. The van der Waals surface area contributed by atoms with Crippen molar-refractivity contribution in [2.24, 2.45) is 5.73 Å². The maximum Gasteiger partial charge on any atom is 0.434 e.